The molecular formula is C22H43O3+. The van der Waals surface area contributed by atoms with E-state index < -0.39 is 0 Å². The minimum Gasteiger partial charge on any atom is -0.393 e. The molecule has 1 saturated heterocycles. The van der Waals surface area contributed by atoms with Crippen LogP contribution < -0.4 is 0 Å². The Balaban J connectivity index is 0. The van der Waals surface area contributed by atoms with Crippen molar-refractivity contribution in [3.8, 4) is 0 Å². The van der Waals surface area contributed by atoms with Gasteiger partial charge in [-0.25, -0.2) is 0 Å². The molecule has 1 aliphatic heterocycles. The van der Waals surface area contributed by atoms with E-state index >= 15 is 0 Å². The molecule has 1 fully saturated rings. The Kier molecular flexibility index (Phi) is 16.4. The van der Waals surface area contributed by atoms with Crippen LogP contribution in [0.1, 0.15) is 93.3 Å². The lowest BCUT2D eigenvalue weighted by atomic mass is 10.1. The summed E-state index contributed by atoms with van der Waals surface area (Å²) in [6.45, 7) is 8.19. The minimum atomic E-state index is -0.291. The molecule has 0 aliphatic carbocycles. The van der Waals surface area contributed by atoms with Crippen LogP contribution in [0.3, 0.4) is 0 Å². The van der Waals surface area contributed by atoms with Gasteiger partial charge in [0.15, 0.2) is 0 Å². The molecule has 0 spiro atoms. The first-order valence-electron chi connectivity index (χ1n) is 10.3. The fourth-order valence-corrected chi connectivity index (χ4v) is 2.82. The molecule has 25 heavy (non-hydrogen) atoms. The van der Waals surface area contributed by atoms with Gasteiger partial charge in [0.25, 0.3) is 0 Å². The number of ether oxygens (including phenoxy) is 1. The number of allylic oxidation sites excluding steroid dienone is 4. The molecule has 0 amide bonds. The maximum atomic E-state index is 9.45. The Bertz CT molecular complexity index is 342. The van der Waals surface area contributed by atoms with Gasteiger partial charge in [-0.2, -0.15) is 0 Å². The normalized spacial score (nSPS) is 23.0. The molecular weight excluding hydrogens is 312 g/mol. The molecule has 0 saturated carbocycles. The number of hydrogen-bond donors (Lipinski definition) is 2. The number of rotatable bonds is 11. The summed E-state index contributed by atoms with van der Waals surface area (Å²) in [7, 11) is 0. The van der Waals surface area contributed by atoms with E-state index in [0.29, 0.717) is 25.0 Å². The molecule has 0 aromatic heterocycles. The third-order valence-electron chi connectivity index (χ3n) is 4.36. The van der Waals surface area contributed by atoms with E-state index in [0.717, 1.165) is 25.7 Å². The summed E-state index contributed by atoms with van der Waals surface area (Å²) in [4.78, 5) is 0. The summed E-state index contributed by atoms with van der Waals surface area (Å²) in [6, 6.07) is 0. The Labute approximate surface area is 157 Å². The summed E-state index contributed by atoms with van der Waals surface area (Å²) in [5.41, 5.74) is 0. The lowest BCUT2D eigenvalue weighted by Gasteiger charge is -2.09. The van der Waals surface area contributed by atoms with Crippen LogP contribution in [0, 0.1) is 0 Å². The van der Waals surface area contributed by atoms with Gasteiger partial charge >= 0.3 is 1.43 Å². The fraction of sp³-hybridized carbons (Fsp3) is 0.818. The van der Waals surface area contributed by atoms with Crippen molar-refractivity contribution in [3.63, 3.8) is 0 Å². The van der Waals surface area contributed by atoms with Gasteiger partial charge in [-0.15, -0.1) is 0 Å². The SMILES string of the molecule is CC/C=C/CCC(O)CCC(C)O.CC/C=C/CCC1CCC(C)O1.[H+]. The summed E-state index contributed by atoms with van der Waals surface area (Å²) in [5.74, 6) is 0. The highest BCUT2D eigenvalue weighted by atomic mass is 16.5. The van der Waals surface area contributed by atoms with Crippen LogP contribution in [-0.4, -0.2) is 34.6 Å². The molecule has 0 aromatic carbocycles. The molecule has 3 nitrogen and oxygen atoms in total. The summed E-state index contributed by atoms with van der Waals surface area (Å²) < 4.78 is 5.71. The second-order valence-electron chi connectivity index (χ2n) is 7.14. The first-order valence-corrected chi connectivity index (χ1v) is 10.3. The molecule has 1 heterocycles. The van der Waals surface area contributed by atoms with E-state index in [1.54, 1.807) is 6.92 Å². The zero-order valence-corrected chi connectivity index (χ0v) is 17.0. The van der Waals surface area contributed by atoms with Crippen LogP contribution in [-0.2, 0) is 4.74 Å². The van der Waals surface area contributed by atoms with Gasteiger partial charge in [0.1, 0.15) is 0 Å². The second kappa shape index (κ2) is 16.8. The molecule has 0 bridgehead atoms. The average molecular weight is 356 g/mol. The monoisotopic (exact) mass is 355 g/mol. The Hall–Kier alpha value is -0.640. The van der Waals surface area contributed by atoms with E-state index in [1.165, 1.54) is 25.7 Å². The first kappa shape index (κ1) is 24.4. The van der Waals surface area contributed by atoms with Crippen LogP contribution in [0.15, 0.2) is 24.3 Å². The van der Waals surface area contributed by atoms with E-state index in [2.05, 4.69) is 45.1 Å². The molecule has 2 N–H and O–H groups in total. The van der Waals surface area contributed by atoms with Gasteiger partial charge in [-0.3, -0.25) is 0 Å². The first-order chi connectivity index (χ1) is 12.0. The highest BCUT2D eigenvalue weighted by Crippen LogP contribution is 2.22. The highest BCUT2D eigenvalue weighted by molar-refractivity contribution is 4.82. The molecule has 3 heteroatoms. The van der Waals surface area contributed by atoms with Gasteiger partial charge in [-0.1, -0.05) is 38.2 Å². The van der Waals surface area contributed by atoms with Gasteiger partial charge in [0, 0.05) is 0 Å². The van der Waals surface area contributed by atoms with E-state index in [-0.39, 0.29) is 13.6 Å². The van der Waals surface area contributed by atoms with E-state index in [1.807, 2.05) is 0 Å². The topological polar surface area (TPSA) is 49.7 Å². The predicted octanol–water partition coefficient (Wildman–Crippen LogP) is 5.67. The number of aliphatic hydroxyl groups excluding tert-OH is 2. The van der Waals surface area contributed by atoms with Crippen molar-refractivity contribution in [2.45, 2.75) is 116 Å². The molecule has 4 unspecified atom stereocenters. The molecule has 1 aliphatic rings. The summed E-state index contributed by atoms with van der Waals surface area (Å²) in [5, 5.41) is 18.4. The van der Waals surface area contributed by atoms with Crippen molar-refractivity contribution in [2.75, 3.05) is 0 Å². The van der Waals surface area contributed by atoms with Crippen molar-refractivity contribution in [3.05, 3.63) is 24.3 Å². The summed E-state index contributed by atoms with van der Waals surface area (Å²) in [6.07, 6.45) is 19.5. The quantitative estimate of drug-likeness (QED) is 0.470. The van der Waals surface area contributed by atoms with Crippen LogP contribution in [0.2, 0.25) is 0 Å². The molecule has 4 atom stereocenters. The van der Waals surface area contributed by atoms with Crippen LogP contribution >= 0.6 is 0 Å². The van der Waals surface area contributed by atoms with E-state index in [4.69, 9.17) is 9.84 Å². The van der Waals surface area contributed by atoms with Crippen molar-refractivity contribution < 1.29 is 16.4 Å². The molecule has 148 valence electrons. The molecule has 0 radical (unpaired) electrons. The van der Waals surface area contributed by atoms with Crippen LogP contribution in [0.5, 0.6) is 0 Å². The fourth-order valence-electron chi connectivity index (χ4n) is 2.82. The Morgan fingerprint density at radius 2 is 1.60 bits per heavy atom. The largest absolute Gasteiger partial charge is 1.00 e. The average Bonchev–Trinajstić information content (AvgIpc) is 3.00. The van der Waals surface area contributed by atoms with Crippen molar-refractivity contribution >= 4 is 0 Å². The Morgan fingerprint density at radius 3 is 2.12 bits per heavy atom. The lowest BCUT2D eigenvalue weighted by Crippen LogP contribution is -2.10. The zero-order valence-electron chi connectivity index (χ0n) is 18.0. The third kappa shape index (κ3) is 16.6. The molecule has 1 rings (SSSR count). The van der Waals surface area contributed by atoms with Crippen molar-refractivity contribution in [1.29, 1.82) is 0 Å². The van der Waals surface area contributed by atoms with Gasteiger partial charge < -0.3 is 14.9 Å². The van der Waals surface area contributed by atoms with Gasteiger partial charge in [0.2, 0.25) is 0 Å². The van der Waals surface area contributed by atoms with E-state index in [9.17, 15) is 5.11 Å². The van der Waals surface area contributed by atoms with Crippen molar-refractivity contribution in [1.82, 2.24) is 0 Å². The number of aliphatic hydroxyl groups is 2. The maximum Gasteiger partial charge on any atom is 1.00 e. The van der Waals surface area contributed by atoms with Gasteiger partial charge in [-0.05, 0) is 78.1 Å². The lowest BCUT2D eigenvalue weighted by molar-refractivity contribution is 0.0516. The molecule has 0 aromatic rings. The Morgan fingerprint density at radius 1 is 0.960 bits per heavy atom. The number of hydrogen-bond acceptors (Lipinski definition) is 3. The minimum absolute atomic E-state index is 0. The highest BCUT2D eigenvalue weighted by Gasteiger charge is 2.20. The summed E-state index contributed by atoms with van der Waals surface area (Å²) >= 11 is 0. The standard InChI is InChI=1S/C11H22O2.C11H20O/c1-3-4-5-6-7-11(13)9-8-10(2)12;1-3-4-5-6-7-11-9-8-10(2)12-11/h4-5,10-13H,3,6-9H2,1-2H3;4-5,10-11H,3,6-9H2,1-2H3/p+1/b2*5-4+. The third-order valence-corrected chi connectivity index (χ3v) is 4.36. The zero-order chi connectivity index (χ0) is 18.9. The van der Waals surface area contributed by atoms with Crippen LogP contribution in [0.25, 0.3) is 0 Å². The second-order valence-corrected chi connectivity index (χ2v) is 7.14. The predicted molar refractivity (Wildman–Crippen MR) is 109 cm³/mol. The smallest absolute Gasteiger partial charge is 0.393 e. The van der Waals surface area contributed by atoms with Crippen molar-refractivity contribution in [2.24, 2.45) is 0 Å². The maximum absolute atomic E-state index is 9.45. The van der Waals surface area contributed by atoms with Crippen LogP contribution in [0.4, 0.5) is 0 Å². The van der Waals surface area contributed by atoms with Gasteiger partial charge in [0.05, 0.1) is 24.4 Å².